The maximum atomic E-state index is 10.1. The van der Waals surface area contributed by atoms with Crippen LogP contribution in [0.2, 0.25) is 0 Å². The highest BCUT2D eigenvalue weighted by Crippen LogP contribution is 2.25. The number of hydrogen-bond donors (Lipinski definition) is 3. The van der Waals surface area contributed by atoms with Crippen molar-refractivity contribution in [3.05, 3.63) is 78.5 Å². The van der Waals surface area contributed by atoms with Gasteiger partial charge in [0.15, 0.2) is 0 Å². The van der Waals surface area contributed by atoms with E-state index >= 15 is 0 Å². The molecule has 7 nitrogen and oxygen atoms in total. The molecule has 4 aromatic rings. The molecule has 2 aromatic carbocycles. The molecule has 1 fully saturated rings. The third-order valence-corrected chi connectivity index (χ3v) is 7.23. The lowest BCUT2D eigenvalue weighted by Gasteiger charge is -2.39. The summed E-state index contributed by atoms with van der Waals surface area (Å²) in [6.07, 6.45) is 10.0. The summed E-state index contributed by atoms with van der Waals surface area (Å²) < 4.78 is 1.94. The van der Waals surface area contributed by atoms with Crippen molar-refractivity contribution in [2.45, 2.75) is 44.2 Å². The number of hydrogen-bond acceptors (Lipinski definition) is 5. The topological polar surface area (TPSA) is 82.0 Å². The molecule has 0 unspecified atom stereocenters. The van der Waals surface area contributed by atoms with E-state index in [0.29, 0.717) is 6.04 Å². The van der Waals surface area contributed by atoms with E-state index in [1.165, 1.54) is 16.5 Å². The van der Waals surface area contributed by atoms with Gasteiger partial charge >= 0.3 is 0 Å². The fourth-order valence-electron chi connectivity index (χ4n) is 5.14. The Hall–Kier alpha value is -3.00. The number of fused-ring (bicyclic) bond motifs is 1. The average Bonchev–Trinajstić information content (AvgIpc) is 3.56. The van der Waals surface area contributed by atoms with E-state index in [-0.39, 0.29) is 6.61 Å². The highest BCUT2D eigenvalue weighted by Gasteiger charge is 2.30. The first-order chi connectivity index (χ1) is 16.6. The number of aliphatic hydroxyl groups excluding tert-OH is 1. The molecule has 34 heavy (non-hydrogen) atoms. The number of benzene rings is 2. The summed E-state index contributed by atoms with van der Waals surface area (Å²) in [7, 11) is 0. The number of aromatic amines is 1. The van der Waals surface area contributed by atoms with Crippen molar-refractivity contribution in [3.63, 3.8) is 0 Å². The van der Waals surface area contributed by atoms with Crippen LogP contribution in [-0.2, 0) is 12.0 Å². The molecule has 1 aliphatic rings. The molecule has 0 aliphatic carbocycles. The van der Waals surface area contributed by atoms with Crippen LogP contribution >= 0.6 is 0 Å². The lowest BCUT2D eigenvalue weighted by molar-refractivity contribution is 0.128. The number of H-pyrrole nitrogens is 1. The highest BCUT2D eigenvalue weighted by molar-refractivity contribution is 5.85. The minimum atomic E-state index is -0.394. The summed E-state index contributed by atoms with van der Waals surface area (Å²) >= 11 is 0. The van der Waals surface area contributed by atoms with Crippen molar-refractivity contribution in [3.8, 4) is 5.69 Å². The molecule has 0 bridgehead atoms. The predicted octanol–water partition coefficient (Wildman–Crippen LogP) is 3.64. The van der Waals surface area contributed by atoms with Crippen molar-refractivity contribution in [2.24, 2.45) is 0 Å². The van der Waals surface area contributed by atoms with Crippen LogP contribution in [0, 0.1) is 0 Å². The molecule has 1 aliphatic heterocycles. The SMILES string of the molecule is C[C@](CO)(NC1CCN(CCCc2c[nH]c3ccc(-n4cnnc4)cc23)CC1)c1ccccc1. The summed E-state index contributed by atoms with van der Waals surface area (Å²) in [6, 6.07) is 17.1. The summed E-state index contributed by atoms with van der Waals surface area (Å²) in [6.45, 7) is 5.51. The van der Waals surface area contributed by atoms with Gasteiger partial charge in [0.25, 0.3) is 0 Å². The second-order valence-corrected chi connectivity index (χ2v) is 9.63. The summed E-state index contributed by atoms with van der Waals surface area (Å²) in [5, 5.41) is 22.9. The number of nitrogens with zero attached hydrogens (tertiary/aromatic N) is 4. The van der Waals surface area contributed by atoms with Gasteiger partial charge in [0.05, 0.1) is 12.1 Å². The third-order valence-electron chi connectivity index (χ3n) is 7.23. The first-order valence-electron chi connectivity index (χ1n) is 12.3. The van der Waals surface area contributed by atoms with Crippen molar-refractivity contribution in [1.82, 2.24) is 30.0 Å². The minimum absolute atomic E-state index is 0.0981. The number of nitrogens with one attached hydrogen (secondary N) is 2. The van der Waals surface area contributed by atoms with E-state index in [1.54, 1.807) is 12.7 Å². The molecular formula is C27H34N6O. The number of piperidine rings is 1. The average molecular weight is 459 g/mol. The first-order valence-corrected chi connectivity index (χ1v) is 12.3. The smallest absolute Gasteiger partial charge is 0.123 e. The van der Waals surface area contributed by atoms with Crippen molar-refractivity contribution in [1.29, 1.82) is 0 Å². The molecule has 7 heteroatoms. The van der Waals surface area contributed by atoms with Crippen molar-refractivity contribution in [2.75, 3.05) is 26.2 Å². The van der Waals surface area contributed by atoms with Crippen LogP contribution in [0.1, 0.15) is 37.3 Å². The van der Waals surface area contributed by atoms with E-state index in [0.717, 1.165) is 56.6 Å². The Kier molecular flexibility index (Phi) is 6.76. The Balaban J connectivity index is 1.12. The molecule has 178 valence electrons. The molecule has 0 spiro atoms. The van der Waals surface area contributed by atoms with Crippen LogP contribution in [0.3, 0.4) is 0 Å². The van der Waals surface area contributed by atoms with E-state index in [9.17, 15) is 5.11 Å². The van der Waals surface area contributed by atoms with Gasteiger partial charge in [-0.25, -0.2) is 0 Å². The lowest BCUT2D eigenvalue weighted by atomic mass is 9.90. The molecule has 0 saturated carbocycles. The molecule has 1 saturated heterocycles. The molecular weight excluding hydrogens is 424 g/mol. The van der Waals surface area contributed by atoms with E-state index in [4.69, 9.17) is 0 Å². The molecule has 0 radical (unpaired) electrons. The molecule has 0 amide bonds. The van der Waals surface area contributed by atoms with Gasteiger partial charge in [0, 0.05) is 28.8 Å². The van der Waals surface area contributed by atoms with Gasteiger partial charge in [0.2, 0.25) is 0 Å². The molecule has 1 atom stereocenters. The first kappa shape index (κ1) is 22.8. The zero-order valence-corrected chi connectivity index (χ0v) is 19.8. The fourth-order valence-corrected chi connectivity index (χ4v) is 5.14. The normalized spacial score (nSPS) is 17.2. The number of rotatable bonds is 9. The lowest BCUT2D eigenvalue weighted by Crippen LogP contribution is -2.52. The maximum absolute atomic E-state index is 10.1. The number of aryl methyl sites for hydroxylation is 1. The number of likely N-dealkylation sites (tertiary alicyclic amines) is 1. The molecule has 5 rings (SSSR count). The van der Waals surface area contributed by atoms with Gasteiger partial charge < -0.3 is 20.3 Å². The van der Waals surface area contributed by atoms with Crippen LogP contribution in [-0.4, -0.2) is 62.0 Å². The minimum Gasteiger partial charge on any atom is -0.394 e. The van der Waals surface area contributed by atoms with Crippen molar-refractivity contribution < 1.29 is 5.11 Å². The van der Waals surface area contributed by atoms with E-state index < -0.39 is 5.54 Å². The Morgan fingerprint density at radius 2 is 1.85 bits per heavy atom. The second-order valence-electron chi connectivity index (χ2n) is 9.63. The molecule has 3 heterocycles. The van der Waals surface area contributed by atoms with Gasteiger partial charge in [-0.3, -0.25) is 4.57 Å². The van der Waals surface area contributed by atoms with Gasteiger partial charge in [-0.15, -0.1) is 10.2 Å². The number of aliphatic hydroxyl groups is 1. The summed E-state index contributed by atoms with van der Waals surface area (Å²) in [4.78, 5) is 5.99. The summed E-state index contributed by atoms with van der Waals surface area (Å²) in [5.41, 5.74) is 4.37. The largest absolute Gasteiger partial charge is 0.394 e. The van der Waals surface area contributed by atoms with Crippen LogP contribution in [0.25, 0.3) is 16.6 Å². The van der Waals surface area contributed by atoms with Gasteiger partial charge in [-0.05, 0) is 81.6 Å². The van der Waals surface area contributed by atoms with E-state index in [2.05, 4.69) is 68.9 Å². The van der Waals surface area contributed by atoms with E-state index in [1.807, 2.05) is 22.8 Å². The molecule has 3 N–H and O–H groups in total. The summed E-state index contributed by atoms with van der Waals surface area (Å²) in [5.74, 6) is 0. The second kappa shape index (κ2) is 10.1. The Morgan fingerprint density at radius 1 is 1.09 bits per heavy atom. The Labute approximate surface area is 200 Å². The van der Waals surface area contributed by atoms with Crippen LogP contribution in [0.5, 0.6) is 0 Å². The zero-order valence-electron chi connectivity index (χ0n) is 19.8. The van der Waals surface area contributed by atoms with Crippen molar-refractivity contribution >= 4 is 10.9 Å². The highest BCUT2D eigenvalue weighted by atomic mass is 16.3. The standard InChI is InChI=1S/C27H34N6O/c1-27(18-34,22-7-3-2-4-8-22)31-23-11-14-32(15-12-23)13-5-6-21-17-28-26-10-9-24(16-25(21)26)33-19-29-30-20-33/h2-4,7-10,16-17,19-20,23,28,31,34H,5-6,11-15,18H2,1H3/t27-/m1/s1. The zero-order chi connectivity index (χ0) is 23.4. The molecule has 2 aromatic heterocycles. The quantitative estimate of drug-likeness (QED) is 0.357. The Bertz CT molecular complexity index is 1180. The maximum Gasteiger partial charge on any atom is 0.123 e. The van der Waals surface area contributed by atoms with Crippen LogP contribution < -0.4 is 5.32 Å². The van der Waals surface area contributed by atoms with Gasteiger partial charge in [-0.2, -0.15) is 0 Å². The van der Waals surface area contributed by atoms with Gasteiger partial charge in [-0.1, -0.05) is 30.3 Å². The monoisotopic (exact) mass is 458 g/mol. The predicted molar refractivity (Wildman–Crippen MR) is 135 cm³/mol. The number of aromatic nitrogens is 4. The van der Waals surface area contributed by atoms with Crippen LogP contribution in [0.4, 0.5) is 0 Å². The van der Waals surface area contributed by atoms with Crippen LogP contribution in [0.15, 0.2) is 67.4 Å². The Morgan fingerprint density at radius 3 is 2.59 bits per heavy atom. The third kappa shape index (κ3) is 4.92. The van der Waals surface area contributed by atoms with Gasteiger partial charge in [0.1, 0.15) is 12.7 Å². The fraction of sp³-hybridized carbons (Fsp3) is 0.407.